The molecule has 31 heavy (non-hydrogen) atoms. The van der Waals surface area contributed by atoms with Gasteiger partial charge in [-0.3, -0.25) is 19.1 Å². The Kier molecular flexibility index (Phi) is 7.51. The number of hydrogen-bond donors (Lipinski definition) is 1. The molecule has 3 aromatic rings. The van der Waals surface area contributed by atoms with Crippen molar-refractivity contribution < 1.29 is 4.79 Å². The first-order valence-electron chi connectivity index (χ1n) is 10.5. The second-order valence-electron chi connectivity index (χ2n) is 8.14. The number of carbonyl (C=O) groups is 1. The second-order valence-corrected chi connectivity index (χ2v) is 9.09. The first-order valence-corrected chi connectivity index (χ1v) is 11.5. The molecule has 0 aliphatic carbocycles. The molecule has 0 unspecified atom stereocenters. The number of para-hydroxylation sites is 1. The van der Waals surface area contributed by atoms with Crippen LogP contribution in [0.4, 0.5) is 0 Å². The number of fused-ring (bicyclic) bond motifs is 1. The Hall–Kier alpha value is -2.64. The maximum atomic E-state index is 13.3. The van der Waals surface area contributed by atoms with E-state index >= 15 is 0 Å². The zero-order valence-corrected chi connectivity index (χ0v) is 19.4. The van der Waals surface area contributed by atoms with E-state index in [0.717, 1.165) is 12.1 Å². The molecule has 2 N–H and O–H groups in total. The quantitative estimate of drug-likeness (QED) is 0.405. The van der Waals surface area contributed by atoms with Crippen LogP contribution in [0.25, 0.3) is 10.9 Å². The highest BCUT2D eigenvalue weighted by atomic mass is 32.2. The highest BCUT2D eigenvalue weighted by Crippen LogP contribution is 2.23. The third-order valence-electron chi connectivity index (χ3n) is 5.34. The van der Waals surface area contributed by atoms with Crippen LogP contribution in [0.1, 0.15) is 43.6 Å². The lowest BCUT2D eigenvalue weighted by atomic mass is 10.1. The van der Waals surface area contributed by atoms with E-state index in [2.05, 4.69) is 32.6 Å². The van der Waals surface area contributed by atoms with E-state index in [1.54, 1.807) is 16.7 Å². The number of carbonyl (C=O) groups excluding carboxylic acids is 1. The SMILES string of the molecule is CC(C)N(CCn1c(SCc2ccc(C(N)=O)cc2)nc2ccccc2c1=O)C(C)C. The standard InChI is InChI=1S/C24H30N4O2S/c1-16(2)27(17(3)4)13-14-28-23(30)20-7-5-6-8-21(20)26-24(28)31-15-18-9-11-19(12-10-18)22(25)29/h5-12,16-17H,13-15H2,1-4H3,(H2,25,29). The van der Waals surface area contributed by atoms with Crippen LogP contribution < -0.4 is 11.3 Å². The zero-order valence-electron chi connectivity index (χ0n) is 18.5. The summed E-state index contributed by atoms with van der Waals surface area (Å²) in [6, 6.07) is 15.5. The van der Waals surface area contributed by atoms with Gasteiger partial charge in [0.2, 0.25) is 5.91 Å². The summed E-state index contributed by atoms with van der Waals surface area (Å²) in [4.78, 5) is 31.7. The minimum Gasteiger partial charge on any atom is -0.366 e. The minimum absolute atomic E-state index is 0.00959. The predicted molar refractivity (Wildman–Crippen MR) is 128 cm³/mol. The smallest absolute Gasteiger partial charge is 0.262 e. The summed E-state index contributed by atoms with van der Waals surface area (Å²) in [6.07, 6.45) is 0. The fourth-order valence-corrected chi connectivity index (χ4v) is 4.68. The summed E-state index contributed by atoms with van der Waals surface area (Å²) in [5.74, 6) is 0.200. The van der Waals surface area contributed by atoms with Crippen LogP contribution in [0.3, 0.4) is 0 Å². The number of primary amides is 1. The Bertz CT molecular complexity index is 1100. The number of rotatable bonds is 9. The molecule has 1 aromatic heterocycles. The van der Waals surface area contributed by atoms with E-state index < -0.39 is 5.91 Å². The van der Waals surface area contributed by atoms with Gasteiger partial charge in [-0.25, -0.2) is 4.98 Å². The molecule has 1 amide bonds. The van der Waals surface area contributed by atoms with Crippen molar-refractivity contribution in [2.24, 2.45) is 5.73 Å². The van der Waals surface area contributed by atoms with Crippen molar-refractivity contribution in [3.63, 3.8) is 0 Å². The average Bonchev–Trinajstić information content (AvgIpc) is 2.73. The van der Waals surface area contributed by atoms with Crippen molar-refractivity contribution in [3.05, 3.63) is 70.0 Å². The molecular formula is C24H30N4O2S. The fourth-order valence-electron chi connectivity index (χ4n) is 3.70. The minimum atomic E-state index is -0.441. The molecule has 0 spiro atoms. The zero-order chi connectivity index (χ0) is 22.5. The summed E-state index contributed by atoms with van der Waals surface area (Å²) in [5.41, 5.74) is 7.54. The molecule has 0 saturated carbocycles. The highest BCUT2D eigenvalue weighted by molar-refractivity contribution is 7.98. The first-order chi connectivity index (χ1) is 14.8. The van der Waals surface area contributed by atoms with E-state index in [1.165, 1.54) is 11.8 Å². The molecule has 0 bridgehead atoms. The Balaban J connectivity index is 1.90. The maximum absolute atomic E-state index is 13.3. The molecule has 0 aliphatic rings. The Morgan fingerprint density at radius 3 is 2.32 bits per heavy atom. The maximum Gasteiger partial charge on any atom is 0.262 e. The topological polar surface area (TPSA) is 81.2 Å². The summed E-state index contributed by atoms with van der Waals surface area (Å²) < 4.78 is 1.79. The normalized spacial score (nSPS) is 11.7. The number of hydrogen-bond acceptors (Lipinski definition) is 5. The summed E-state index contributed by atoms with van der Waals surface area (Å²) in [7, 11) is 0. The number of nitrogens with two attached hydrogens (primary N) is 1. The monoisotopic (exact) mass is 438 g/mol. The molecule has 1 heterocycles. The molecular weight excluding hydrogens is 408 g/mol. The van der Waals surface area contributed by atoms with Crippen molar-refractivity contribution in [2.45, 2.75) is 57.2 Å². The van der Waals surface area contributed by atoms with Gasteiger partial charge in [-0.2, -0.15) is 0 Å². The molecule has 6 nitrogen and oxygen atoms in total. The Morgan fingerprint density at radius 2 is 1.71 bits per heavy atom. The molecule has 2 aromatic carbocycles. The molecule has 164 valence electrons. The van der Waals surface area contributed by atoms with Gasteiger partial charge in [-0.05, 0) is 57.5 Å². The van der Waals surface area contributed by atoms with Crippen LogP contribution in [0.2, 0.25) is 0 Å². The van der Waals surface area contributed by atoms with Gasteiger partial charge >= 0.3 is 0 Å². The van der Waals surface area contributed by atoms with Gasteiger partial charge in [0.15, 0.2) is 5.16 Å². The molecule has 0 fully saturated rings. The van der Waals surface area contributed by atoms with Crippen LogP contribution in [0, 0.1) is 0 Å². The molecule has 0 radical (unpaired) electrons. The van der Waals surface area contributed by atoms with Crippen molar-refractivity contribution in [1.29, 1.82) is 0 Å². The van der Waals surface area contributed by atoms with Gasteiger partial charge in [0.1, 0.15) is 0 Å². The Morgan fingerprint density at radius 1 is 1.06 bits per heavy atom. The summed E-state index contributed by atoms with van der Waals surface area (Å²) >= 11 is 1.53. The van der Waals surface area contributed by atoms with E-state index in [1.807, 2.05) is 36.4 Å². The number of benzene rings is 2. The fraction of sp³-hybridized carbons (Fsp3) is 0.375. The van der Waals surface area contributed by atoms with Gasteiger partial charge in [-0.1, -0.05) is 36.0 Å². The van der Waals surface area contributed by atoms with Crippen molar-refractivity contribution in [1.82, 2.24) is 14.5 Å². The van der Waals surface area contributed by atoms with Crippen LogP contribution in [-0.4, -0.2) is 39.0 Å². The number of amides is 1. The van der Waals surface area contributed by atoms with E-state index in [0.29, 0.717) is 46.0 Å². The lowest BCUT2D eigenvalue weighted by molar-refractivity contribution is 0.100. The van der Waals surface area contributed by atoms with E-state index in [9.17, 15) is 9.59 Å². The number of thioether (sulfide) groups is 1. The van der Waals surface area contributed by atoms with Crippen LogP contribution >= 0.6 is 11.8 Å². The summed E-state index contributed by atoms with van der Waals surface area (Å²) in [5, 5.41) is 1.34. The molecule has 0 saturated heterocycles. The van der Waals surface area contributed by atoms with Crippen molar-refractivity contribution in [3.8, 4) is 0 Å². The third kappa shape index (κ3) is 5.54. The van der Waals surface area contributed by atoms with Gasteiger partial charge in [-0.15, -0.1) is 0 Å². The van der Waals surface area contributed by atoms with Crippen LogP contribution in [0.5, 0.6) is 0 Å². The van der Waals surface area contributed by atoms with Crippen molar-refractivity contribution >= 4 is 28.6 Å². The molecule has 3 rings (SSSR count). The highest BCUT2D eigenvalue weighted by Gasteiger charge is 2.16. The van der Waals surface area contributed by atoms with E-state index in [-0.39, 0.29) is 5.56 Å². The van der Waals surface area contributed by atoms with Gasteiger partial charge in [0, 0.05) is 36.5 Å². The van der Waals surface area contributed by atoms with Crippen molar-refractivity contribution in [2.75, 3.05) is 6.54 Å². The number of aromatic nitrogens is 2. The Labute approximate surface area is 187 Å². The predicted octanol–water partition coefficient (Wildman–Crippen LogP) is 3.91. The lowest BCUT2D eigenvalue weighted by Crippen LogP contribution is -2.40. The van der Waals surface area contributed by atoms with E-state index in [4.69, 9.17) is 10.7 Å². The number of nitrogens with zero attached hydrogens (tertiary/aromatic N) is 3. The summed E-state index contributed by atoms with van der Waals surface area (Å²) in [6.45, 7) is 10.0. The average molecular weight is 439 g/mol. The first kappa shape index (κ1) is 23.0. The molecule has 0 atom stereocenters. The van der Waals surface area contributed by atoms with Gasteiger partial charge < -0.3 is 5.73 Å². The molecule has 7 heteroatoms. The molecule has 0 aliphatic heterocycles. The third-order valence-corrected chi connectivity index (χ3v) is 6.39. The van der Waals surface area contributed by atoms with Gasteiger partial charge in [0.25, 0.3) is 5.56 Å². The van der Waals surface area contributed by atoms with Crippen LogP contribution in [-0.2, 0) is 12.3 Å². The van der Waals surface area contributed by atoms with Gasteiger partial charge in [0.05, 0.1) is 10.9 Å². The second kappa shape index (κ2) is 10.1. The largest absolute Gasteiger partial charge is 0.366 e. The lowest BCUT2D eigenvalue weighted by Gasteiger charge is -2.30. The van der Waals surface area contributed by atoms with Crippen LogP contribution in [0.15, 0.2) is 58.5 Å².